The Balaban J connectivity index is 1.61. The summed E-state index contributed by atoms with van der Waals surface area (Å²) in [6.07, 6.45) is 1.17. The first-order valence-corrected chi connectivity index (χ1v) is 11.2. The SMILES string of the molecule is COc1ccc(S(=O)(=O)N2CCC(C(=O)Nc3cc(C)nn3CCC#N)CC2)cc1. The summed E-state index contributed by atoms with van der Waals surface area (Å²) in [5.74, 6) is 0.705. The predicted molar refractivity (Wildman–Crippen MR) is 110 cm³/mol. The number of amides is 1. The molecule has 2 heterocycles. The number of hydrogen-bond acceptors (Lipinski definition) is 6. The second-order valence-electron chi connectivity index (χ2n) is 7.15. The number of piperidine rings is 1. The minimum absolute atomic E-state index is 0.158. The van der Waals surface area contributed by atoms with Gasteiger partial charge in [0.15, 0.2) is 0 Å². The molecule has 30 heavy (non-hydrogen) atoms. The topological polar surface area (TPSA) is 117 Å². The van der Waals surface area contributed by atoms with Gasteiger partial charge in [0.05, 0.1) is 36.7 Å². The molecule has 0 unspecified atom stereocenters. The van der Waals surface area contributed by atoms with E-state index in [1.165, 1.54) is 23.5 Å². The van der Waals surface area contributed by atoms with Crippen LogP contribution in [0, 0.1) is 24.2 Å². The molecule has 2 aromatic rings. The van der Waals surface area contributed by atoms with Crippen LogP contribution in [-0.4, -0.2) is 48.6 Å². The lowest BCUT2D eigenvalue weighted by Crippen LogP contribution is -2.41. The number of aryl methyl sites for hydroxylation is 2. The molecule has 9 nitrogen and oxygen atoms in total. The van der Waals surface area contributed by atoms with Crippen LogP contribution in [0.2, 0.25) is 0 Å². The van der Waals surface area contributed by atoms with Gasteiger partial charge in [-0.2, -0.15) is 14.7 Å². The Labute approximate surface area is 176 Å². The smallest absolute Gasteiger partial charge is 0.243 e. The predicted octanol–water partition coefficient (Wildman–Crippen LogP) is 2.15. The van der Waals surface area contributed by atoms with Crippen molar-refractivity contribution < 1.29 is 17.9 Å². The van der Waals surface area contributed by atoms with E-state index in [0.717, 1.165) is 5.69 Å². The Hall–Kier alpha value is -2.90. The molecule has 160 valence electrons. The van der Waals surface area contributed by atoms with Gasteiger partial charge in [-0.1, -0.05) is 0 Å². The summed E-state index contributed by atoms with van der Waals surface area (Å²) in [7, 11) is -2.08. The third kappa shape index (κ3) is 4.80. The van der Waals surface area contributed by atoms with Gasteiger partial charge in [0.2, 0.25) is 15.9 Å². The van der Waals surface area contributed by atoms with Gasteiger partial charge < -0.3 is 10.1 Å². The number of ether oxygens (including phenoxy) is 1. The maximum atomic E-state index is 12.8. The minimum Gasteiger partial charge on any atom is -0.497 e. The number of carbonyl (C=O) groups excluding carboxylic acids is 1. The number of aromatic nitrogens is 2. The van der Waals surface area contributed by atoms with E-state index in [0.29, 0.717) is 37.4 Å². The standard InChI is InChI=1S/C20H25N5O4S/c1-15-14-19(25(23-15)11-3-10-21)22-20(26)16-8-12-24(13-9-16)30(27,28)18-6-4-17(29-2)5-7-18/h4-7,14,16H,3,8-9,11-13H2,1-2H3,(H,22,26). The average molecular weight is 432 g/mol. The van der Waals surface area contributed by atoms with Gasteiger partial charge in [-0.05, 0) is 44.0 Å². The number of anilines is 1. The van der Waals surface area contributed by atoms with Crippen molar-refractivity contribution >= 4 is 21.7 Å². The highest BCUT2D eigenvalue weighted by Gasteiger charge is 2.32. The number of sulfonamides is 1. The Morgan fingerprint density at radius 3 is 2.57 bits per heavy atom. The third-order valence-corrected chi connectivity index (χ3v) is 7.02. The van der Waals surface area contributed by atoms with Crippen LogP contribution in [-0.2, 0) is 21.4 Å². The lowest BCUT2D eigenvalue weighted by atomic mass is 9.97. The zero-order valence-electron chi connectivity index (χ0n) is 17.0. The summed E-state index contributed by atoms with van der Waals surface area (Å²) in [5.41, 5.74) is 0.753. The molecule has 0 spiro atoms. The summed E-state index contributed by atoms with van der Waals surface area (Å²) in [6, 6.07) is 10.1. The summed E-state index contributed by atoms with van der Waals surface area (Å²) < 4.78 is 33.8. The molecule has 1 aliphatic heterocycles. The molecule has 0 radical (unpaired) electrons. The number of benzene rings is 1. The van der Waals surface area contributed by atoms with E-state index in [9.17, 15) is 13.2 Å². The van der Waals surface area contributed by atoms with Crippen molar-refractivity contribution in [2.45, 2.75) is 37.6 Å². The van der Waals surface area contributed by atoms with Gasteiger partial charge in [-0.25, -0.2) is 13.1 Å². The number of hydrogen-bond donors (Lipinski definition) is 1. The van der Waals surface area contributed by atoms with Crippen LogP contribution >= 0.6 is 0 Å². The van der Waals surface area contributed by atoms with Crippen molar-refractivity contribution in [1.82, 2.24) is 14.1 Å². The summed E-state index contributed by atoms with van der Waals surface area (Å²) in [5, 5.41) is 15.9. The molecule has 0 aliphatic carbocycles. The largest absolute Gasteiger partial charge is 0.497 e. The molecule has 0 bridgehead atoms. The molecule has 1 N–H and O–H groups in total. The van der Waals surface area contributed by atoms with E-state index in [1.807, 2.05) is 6.92 Å². The van der Waals surface area contributed by atoms with E-state index in [2.05, 4.69) is 16.5 Å². The van der Waals surface area contributed by atoms with E-state index in [1.54, 1.807) is 22.9 Å². The normalized spacial score (nSPS) is 15.5. The Morgan fingerprint density at radius 2 is 1.97 bits per heavy atom. The van der Waals surface area contributed by atoms with Gasteiger partial charge in [0, 0.05) is 25.1 Å². The first kappa shape index (κ1) is 21.8. The number of nitriles is 1. The van der Waals surface area contributed by atoms with Crippen LogP contribution in [0.25, 0.3) is 0 Å². The highest BCUT2D eigenvalue weighted by Crippen LogP contribution is 2.26. The molecule has 1 aliphatic rings. The Kier molecular flexibility index (Phi) is 6.74. The lowest BCUT2D eigenvalue weighted by molar-refractivity contribution is -0.121. The Morgan fingerprint density at radius 1 is 1.30 bits per heavy atom. The second kappa shape index (κ2) is 9.28. The second-order valence-corrected chi connectivity index (χ2v) is 9.08. The molecule has 0 saturated carbocycles. The lowest BCUT2D eigenvalue weighted by Gasteiger charge is -2.30. The average Bonchev–Trinajstić information content (AvgIpc) is 3.11. The molecule has 1 fully saturated rings. The van der Waals surface area contributed by atoms with Gasteiger partial charge in [-0.15, -0.1) is 0 Å². The minimum atomic E-state index is -3.61. The van der Waals surface area contributed by atoms with Crippen LogP contribution in [0.3, 0.4) is 0 Å². The number of nitrogens with one attached hydrogen (secondary N) is 1. The van der Waals surface area contributed by atoms with Gasteiger partial charge >= 0.3 is 0 Å². The van der Waals surface area contributed by atoms with Crippen molar-refractivity contribution in [3.8, 4) is 11.8 Å². The highest BCUT2D eigenvalue weighted by molar-refractivity contribution is 7.89. The highest BCUT2D eigenvalue weighted by atomic mass is 32.2. The molecule has 0 atom stereocenters. The van der Waals surface area contributed by atoms with Crippen molar-refractivity contribution in [2.75, 3.05) is 25.5 Å². The van der Waals surface area contributed by atoms with Crippen LogP contribution in [0.4, 0.5) is 5.82 Å². The third-order valence-electron chi connectivity index (χ3n) is 5.11. The van der Waals surface area contributed by atoms with Crippen molar-refractivity contribution in [2.24, 2.45) is 5.92 Å². The van der Waals surface area contributed by atoms with E-state index < -0.39 is 10.0 Å². The molecule has 1 aromatic carbocycles. The fraction of sp³-hybridized carbons (Fsp3) is 0.450. The summed E-state index contributed by atoms with van der Waals surface area (Å²) in [6.45, 7) is 2.78. The van der Waals surface area contributed by atoms with Crippen LogP contribution in [0.5, 0.6) is 5.75 Å². The van der Waals surface area contributed by atoms with Crippen molar-refractivity contribution in [3.05, 3.63) is 36.0 Å². The maximum absolute atomic E-state index is 12.8. The quantitative estimate of drug-likeness (QED) is 0.718. The molecular formula is C20H25N5O4S. The van der Waals surface area contributed by atoms with Gasteiger partial charge in [-0.3, -0.25) is 4.79 Å². The van der Waals surface area contributed by atoms with Crippen molar-refractivity contribution in [3.63, 3.8) is 0 Å². The first-order chi connectivity index (χ1) is 14.3. The first-order valence-electron chi connectivity index (χ1n) is 9.71. The summed E-state index contributed by atoms with van der Waals surface area (Å²) >= 11 is 0. The number of methoxy groups -OCH3 is 1. The van der Waals surface area contributed by atoms with Crippen LogP contribution in [0.15, 0.2) is 35.2 Å². The van der Waals surface area contributed by atoms with E-state index in [-0.39, 0.29) is 29.8 Å². The van der Waals surface area contributed by atoms with Crippen LogP contribution < -0.4 is 10.1 Å². The Bertz CT molecular complexity index is 1030. The fourth-order valence-electron chi connectivity index (χ4n) is 3.46. The summed E-state index contributed by atoms with van der Waals surface area (Å²) in [4.78, 5) is 12.9. The molecule has 3 rings (SSSR count). The number of rotatable bonds is 7. The number of nitrogens with zero attached hydrogens (tertiary/aromatic N) is 4. The molecule has 1 aromatic heterocycles. The monoisotopic (exact) mass is 431 g/mol. The maximum Gasteiger partial charge on any atom is 0.243 e. The molecule has 1 saturated heterocycles. The van der Waals surface area contributed by atoms with Gasteiger partial charge in [0.25, 0.3) is 0 Å². The van der Waals surface area contributed by atoms with Gasteiger partial charge in [0.1, 0.15) is 11.6 Å². The fourth-order valence-corrected chi connectivity index (χ4v) is 4.93. The van der Waals surface area contributed by atoms with E-state index >= 15 is 0 Å². The molecule has 1 amide bonds. The zero-order valence-corrected chi connectivity index (χ0v) is 17.9. The van der Waals surface area contributed by atoms with Crippen LogP contribution in [0.1, 0.15) is 25.0 Å². The zero-order chi connectivity index (χ0) is 21.7. The number of carbonyl (C=O) groups is 1. The van der Waals surface area contributed by atoms with Crippen molar-refractivity contribution in [1.29, 1.82) is 5.26 Å². The molecule has 10 heteroatoms. The molecular weight excluding hydrogens is 406 g/mol. The van der Waals surface area contributed by atoms with E-state index in [4.69, 9.17) is 10.00 Å².